The minimum absolute atomic E-state index is 0.483. The molecule has 13 heavy (non-hydrogen) atoms. The third kappa shape index (κ3) is 4.13. The number of rotatable bonds is 4. The molecule has 1 heterocycles. The van der Waals surface area contributed by atoms with E-state index in [4.69, 9.17) is 16.4 Å². The second kappa shape index (κ2) is 5.65. The standard InChI is InChI=1S/C8H9BrClNOS/c1-2-12-11-8(10)5-6-3-4-7(9)13-6/h3-5,11H,2H2,1H3. The van der Waals surface area contributed by atoms with Gasteiger partial charge in [-0.05, 0) is 41.1 Å². The summed E-state index contributed by atoms with van der Waals surface area (Å²) in [5.74, 6) is 0. The Morgan fingerprint density at radius 3 is 3.08 bits per heavy atom. The summed E-state index contributed by atoms with van der Waals surface area (Å²) < 4.78 is 1.08. The Morgan fingerprint density at radius 1 is 1.77 bits per heavy atom. The third-order valence-corrected chi connectivity index (χ3v) is 2.93. The molecule has 5 heteroatoms. The van der Waals surface area contributed by atoms with Crippen molar-refractivity contribution >= 4 is 44.9 Å². The first-order valence-electron chi connectivity index (χ1n) is 3.72. The van der Waals surface area contributed by atoms with Gasteiger partial charge in [0.15, 0.2) is 0 Å². The molecule has 0 amide bonds. The molecule has 0 bridgehead atoms. The first-order chi connectivity index (χ1) is 6.22. The van der Waals surface area contributed by atoms with Gasteiger partial charge >= 0.3 is 0 Å². The lowest BCUT2D eigenvalue weighted by Gasteiger charge is -2.00. The SMILES string of the molecule is CCONC(Cl)=Cc1ccc(Br)s1. The van der Waals surface area contributed by atoms with Gasteiger partial charge in [0, 0.05) is 4.88 Å². The minimum atomic E-state index is 0.483. The van der Waals surface area contributed by atoms with Crippen LogP contribution in [0.25, 0.3) is 6.08 Å². The summed E-state index contributed by atoms with van der Waals surface area (Å²) in [6.07, 6.45) is 1.81. The summed E-state index contributed by atoms with van der Waals surface area (Å²) >= 11 is 10.8. The van der Waals surface area contributed by atoms with E-state index in [-0.39, 0.29) is 0 Å². The maximum Gasteiger partial charge on any atom is 0.127 e. The molecule has 1 rings (SSSR count). The highest BCUT2D eigenvalue weighted by Crippen LogP contribution is 2.24. The molecular formula is C8H9BrClNOS. The highest BCUT2D eigenvalue weighted by atomic mass is 79.9. The zero-order valence-corrected chi connectivity index (χ0v) is 10.2. The van der Waals surface area contributed by atoms with Crippen molar-refractivity contribution in [3.8, 4) is 0 Å². The van der Waals surface area contributed by atoms with Crippen LogP contribution < -0.4 is 5.48 Å². The molecule has 0 aliphatic heterocycles. The summed E-state index contributed by atoms with van der Waals surface area (Å²) in [6.45, 7) is 2.47. The van der Waals surface area contributed by atoms with Gasteiger partial charge < -0.3 is 0 Å². The largest absolute Gasteiger partial charge is 0.276 e. The van der Waals surface area contributed by atoms with Crippen molar-refractivity contribution in [3.05, 3.63) is 26.0 Å². The number of halogens is 2. The first-order valence-corrected chi connectivity index (χ1v) is 5.71. The second-order valence-electron chi connectivity index (χ2n) is 2.17. The summed E-state index contributed by atoms with van der Waals surface area (Å²) in [4.78, 5) is 5.99. The van der Waals surface area contributed by atoms with Crippen molar-refractivity contribution in [2.45, 2.75) is 6.92 Å². The third-order valence-electron chi connectivity index (χ3n) is 1.18. The number of hydrogen-bond acceptors (Lipinski definition) is 3. The van der Waals surface area contributed by atoms with Crippen LogP contribution in [-0.4, -0.2) is 6.61 Å². The minimum Gasteiger partial charge on any atom is -0.276 e. The van der Waals surface area contributed by atoms with Crippen LogP contribution >= 0.6 is 38.9 Å². The van der Waals surface area contributed by atoms with Crippen LogP contribution in [0.4, 0.5) is 0 Å². The number of thiophene rings is 1. The Kier molecular flexibility index (Phi) is 4.80. The smallest absolute Gasteiger partial charge is 0.127 e. The topological polar surface area (TPSA) is 21.3 Å². The van der Waals surface area contributed by atoms with E-state index >= 15 is 0 Å². The van der Waals surface area contributed by atoms with Gasteiger partial charge in [-0.2, -0.15) is 0 Å². The molecular weight excluding hydrogens is 274 g/mol. The molecule has 0 aliphatic rings. The highest BCUT2D eigenvalue weighted by Gasteiger charge is 1.96. The maximum absolute atomic E-state index is 5.82. The fourth-order valence-electron chi connectivity index (χ4n) is 0.701. The van der Waals surface area contributed by atoms with Crippen molar-refractivity contribution in [1.29, 1.82) is 0 Å². The molecule has 0 fully saturated rings. The van der Waals surface area contributed by atoms with Gasteiger partial charge in [0.05, 0.1) is 10.4 Å². The summed E-state index contributed by atoms with van der Waals surface area (Å²) in [6, 6.07) is 3.95. The highest BCUT2D eigenvalue weighted by molar-refractivity contribution is 9.11. The zero-order valence-electron chi connectivity index (χ0n) is 7.01. The van der Waals surface area contributed by atoms with Crippen molar-refractivity contribution in [2.24, 2.45) is 0 Å². The predicted molar refractivity (Wildman–Crippen MR) is 60.6 cm³/mol. The van der Waals surface area contributed by atoms with Gasteiger partial charge in [0.25, 0.3) is 0 Å². The number of hydroxylamine groups is 1. The molecule has 1 aromatic rings. The lowest BCUT2D eigenvalue weighted by atomic mass is 10.4. The molecule has 0 saturated heterocycles. The lowest BCUT2D eigenvalue weighted by Crippen LogP contribution is -2.09. The maximum atomic E-state index is 5.82. The van der Waals surface area contributed by atoms with Crippen molar-refractivity contribution in [3.63, 3.8) is 0 Å². The normalized spacial score (nSPS) is 11.8. The van der Waals surface area contributed by atoms with Gasteiger partial charge in [0.2, 0.25) is 0 Å². The van der Waals surface area contributed by atoms with Gasteiger partial charge in [0.1, 0.15) is 5.16 Å². The van der Waals surface area contributed by atoms with Crippen LogP contribution in [0, 0.1) is 0 Å². The number of nitrogens with one attached hydrogen (secondary N) is 1. The molecule has 1 aromatic heterocycles. The molecule has 1 N–H and O–H groups in total. The Hall–Kier alpha value is -0.0300. The summed E-state index contributed by atoms with van der Waals surface area (Å²) in [5.41, 5.74) is 2.61. The molecule has 0 aliphatic carbocycles. The van der Waals surface area contributed by atoms with Crippen LogP contribution in [0.15, 0.2) is 21.1 Å². The zero-order chi connectivity index (χ0) is 9.68. The average molecular weight is 283 g/mol. The molecule has 0 unspecified atom stereocenters. The molecule has 0 spiro atoms. The van der Waals surface area contributed by atoms with Crippen LogP contribution in [0.5, 0.6) is 0 Å². The van der Waals surface area contributed by atoms with E-state index in [1.54, 1.807) is 11.3 Å². The van der Waals surface area contributed by atoms with Crippen molar-refractivity contribution in [1.82, 2.24) is 5.48 Å². The molecule has 0 atom stereocenters. The Bertz CT molecular complexity index is 300. The Labute approximate surface area is 94.6 Å². The Morgan fingerprint density at radius 2 is 2.54 bits per heavy atom. The van der Waals surface area contributed by atoms with E-state index in [9.17, 15) is 0 Å². The lowest BCUT2D eigenvalue weighted by molar-refractivity contribution is 0.0798. The van der Waals surface area contributed by atoms with Crippen molar-refractivity contribution < 1.29 is 4.84 Å². The monoisotopic (exact) mass is 281 g/mol. The molecule has 0 saturated carbocycles. The molecule has 0 radical (unpaired) electrons. The number of hydrogen-bond donors (Lipinski definition) is 1. The van der Waals surface area contributed by atoms with E-state index in [1.807, 2.05) is 25.1 Å². The van der Waals surface area contributed by atoms with Crippen LogP contribution in [0.1, 0.15) is 11.8 Å². The summed E-state index contributed by atoms with van der Waals surface area (Å²) in [7, 11) is 0. The average Bonchev–Trinajstić information content (AvgIpc) is 2.48. The van der Waals surface area contributed by atoms with Gasteiger partial charge in [-0.25, -0.2) is 0 Å². The van der Waals surface area contributed by atoms with E-state index in [0.29, 0.717) is 11.8 Å². The Balaban J connectivity index is 2.54. The van der Waals surface area contributed by atoms with Gasteiger partial charge in [-0.1, -0.05) is 11.6 Å². The van der Waals surface area contributed by atoms with Gasteiger partial charge in [-0.15, -0.1) is 11.3 Å². The quantitative estimate of drug-likeness (QED) is 0.673. The van der Waals surface area contributed by atoms with Gasteiger partial charge in [-0.3, -0.25) is 10.3 Å². The molecule has 2 nitrogen and oxygen atoms in total. The van der Waals surface area contributed by atoms with E-state index in [0.717, 1.165) is 8.66 Å². The van der Waals surface area contributed by atoms with E-state index in [2.05, 4.69) is 21.4 Å². The predicted octanol–water partition coefficient (Wildman–Crippen LogP) is 3.59. The van der Waals surface area contributed by atoms with Crippen LogP contribution in [0.2, 0.25) is 0 Å². The fraction of sp³-hybridized carbons (Fsp3) is 0.250. The van der Waals surface area contributed by atoms with E-state index in [1.165, 1.54) is 0 Å². The summed E-state index contributed by atoms with van der Waals surface area (Å²) in [5, 5.41) is 0.483. The first kappa shape index (κ1) is 11.0. The van der Waals surface area contributed by atoms with E-state index < -0.39 is 0 Å². The van der Waals surface area contributed by atoms with Crippen molar-refractivity contribution in [2.75, 3.05) is 6.61 Å². The second-order valence-corrected chi connectivity index (χ2v) is 5.07. The van der Waals surface area contributed by atoms with Crippen LogP contribution in [-0.2, 0) is 4.84 Å². The molecule has 72 valence electrons. The molecule has 0 aromatic carbocycles. The fourth-order valence-corrected chi connectivity index (χ4v) is 2.31. The van der Waals surface area contributed by atoms with Crippen LogP contribution in [0.3, 0.4) is 0 Å².